The summed E-state index contributed by atoms with van der Waals surface area (Å²) in [5.41, 5.74) is 1.25. The van der Waals surface area contributed by atoms with E-state index >= 15 is 0 Å². The van der Waals surface area contributed by atoms with Gasteiger partial charge in [0.1, 0.15) is 12.4 Å². The molecule has 0 amide bonds. The number of nitrogens with zero attached hydrogens (tertiary/aromatic N) is 1. The topological polar surface area (TPSA) is 34.1 Å². The van der Waals surface area contributed by atoms with E-state index in [1.165, 1.54) is 10.6 Å². The lowest BCUT2D eigenvalue weighted by Crippen LogP contribution is -2.16. The lowest BCUT2D eigenvalue weighted by Gasteiger charge is -2.06. The zero-order chi connectivity index (χ0) is 13.3. The predicted molar refractivity (Wildman–Crippen MR) is 79.7 cm³/mol. The van der Waals surface area contributed by atoms with Gasteiger partial charge in [-0.15, -0.1) is 11.3 Å². The molecule has 2 rings (SSSR count). The molecule has 1 aromatic heterocycles. The third-order valence-corrected chi connectivity index (χ3v) is 3.46. The Hall–Kier alpha value is -1.65. The van der Waals surface area contributed by atoms with Crippen LogP contribution in [0.4, 0.5) is 0 Å². The molecular formula is C15H18N2OS. The SMILES string of the molecule is C=CCOc1ccc(CNCCc2nccs2)cc1. The minimum Gasteiger partial charge on any atom is -0.490 e. The van der Waals surface area contributed by atoms with Gasteiger partial charge >= 0.3 is 0 Å². The Balaban J connectivity index is 1.69. The van der Waals surface area contributed by atoms with Gasteiger partial charge in [0.05, 0.1) is 5.01 Å². The summed E-state index contributed by atoms with van der Waals surface area (Å²) in [5, 5.41) is 6.60. The molecule has 0 unspecified atom stereocenters. The van der Waals surface area contributed by atoms with Crippen LogP contribution in [-0.4, -0.2) is 18.1 Å². The van der Waals surface area contributed by atoms with Crippen LogP contribution < -0.4 is 10.1 Å². The van der Waals surface area contributed by atoms with Gasteiger partial charge in [-0.3, -0.25) is 0 Å². The first-order valence-electron chi connectivity index (χ1n) is 6.30. The number of benzene rings is 1. The Kier molecular flexibility index (Phi) is 5.59. The standard InChI is InChI=1S/C15H18N2OS/c1-2-10-18-14-5-3-13(4-6-14)12-16-8-7-15-17-9-11-19-15/h2-6,9,11,16H,1,7-8,10,12H2. The van der Waals surface area contributed by atoms with Gasteiger partial charge in [0, 0.05) is 31.1 Å². The van der Waals surface area contributed by atoms with Crippen molar-refractivity contribution in [3.8, 4) is 5.75 Å². The molecule has 0 aliphatic carbocycles. The number of hydrogen-bond donors (Lipinski definition) is 1. The molecule has 0 atom stereocenters. The molecule has 19 heavy (non-hydrogen) atoms. The number of ether oxygens (including phenoxy) is 1. The lowest BCUT2D eigenvalue weighted by atomic mass is 10.2. The normalized spacial score (nSPS) is 10.3. The molecule has 1 aromatic carbocycles. The fraction of sp³-hybridized carbons (Fsp3) is 0.267. The largest absolute Gasteiger partial charge is 0.490 e. The molecule has 3 nitrogen and oxygen atoms in total. The van der Waals surface area contributed by atoms with Crippen molar-refractivity contribution in [2.45, 2.75) is 13.0 Å². The van der Waals surface area contributed by atoms with Crippen molar-refractivity contribution in [2.75, 3.05) is 13.2 Å². The second kappa shape index (κ2) is 7.71. The number of nitrogens with one attached hydrogen (secondary N) is 1. The van der Waals surface area contributed by atoms with E-state index < -0.39 is 0 Å². The van der Waals surface area contributed by atoms with Gasteiger partial charge in [0.25, 0.3) is 0 Å². The van der Waals surface area contributed by atoms with Gasteiger partial charge in [-0.05, 0) is 17.7 Å². The fourth-order valence-electron chi connectivity index (χ4n) is 1.66. The molecule has 1 heterocycles. The van der Waals surface area contributed by atoms with Crippen LogP contribution in [-0.2, 0) is 13.0 Å². The molecule has 0 saturated heterocycles. The van der Waals surface area contributed by atoms with Gasteiger partial charge in [-0.2, -0.15) is 0 Å². The second-order valence-electron chi connectivity index (χ2n) is 4.10. The molecule has 0 spiro atoms. The number of hydrogen-bond acceptors (Lipinski definition) is 4. The average Bonchev–Trinajstić information content (AvgIpc) is 2.96. The maximum atomic E-state index is 5.44. The van der Waals surface area contributed by atoms with Gasteiger partial charge in [-0.1, -0.05) is 24.8 Å². The predicted octanol–water partition coefficient (Wildman–Crippen LogP) is 3.04. The first kappa shape index (κ1) is 13.8. The zero-order valence-corrected chi connectivity index (χ0v) is 11.7. The van der Waals surface area contributed by atoms with Crippen molar-refractivity contribution in [2.24, 2.45) is 0 Å². The fourth-order valence-corrected chi connectivity index (χ4v) is 2.28. The Labute approximate surface area is 118 Å². The molecule has 0 aliphatic heterocycles. The van der Waals surface area contributed by atoms with Crippen molar-refractivity contribution in [1.82, 2.24) is 10.3 Å². The molecule has 0 saturated carbocycles. The summed E-state index contributed by atoms with van der Waals surface area (Å²) in [7, 11) is 0. The highest BCUT2D eigenvalue weighted by atomic mass is 32.1. The summed E-state index contributed by atoms with van der Waals surface area (Å²) in [4.78, 5) is 4.25. The van der Waals surface area contributed by atoms with Crippen LogP contribution in [0.25, 0.3) is 0 Å². The maximum absolute atomic E-state index is 5.44. The highest BCUT2D eigenvalue weighted by Gasteiger charge is 1.97. The van der Waals surface area contributed by atoms with E-state index in [0.717, 1.165) is 25.3 Å². The first-order chi connectivity index (χ1) is 9.38. The van der Waals surface area contributed by atoms with E-state index in [-0.39, 0.29) is 0 Å². The molecule has 4 heteroatoms. The minimum atomic E-state index is 0.547. The van der Waals surface area contributed by atoms with Crippen LogP contribution in [0, 0.1) is 0 Å². The number of rotatable bonds is 8. The monoisotopic (exact) mass is 274 g/mol. The molecule has 100 valence electrons. The Morgan fingerprint density at radius 1 is 1.32 bits per heavy atom. The van der Waals surface area contributed by atoms with Gasteiger partial charge in [-0.25, -0.2) is 4.98 Å². The molecule has 1 N–H and O–H groups in total. The van der Waals surface area contributed by atoms with Crippen molar-refractivity contribution >= 4 is 11.3 Å². The van der Waals surface area contributed by atoms with Gasteiger partial charge < -0.3 is 10.1 Å². The Morgan fingerprint density at radius 2 is 2.16 bits per heavy atom. The lowest BCUT2D eigenvalue weighted by molar-refractivity contribution is 0.363. The van der Waals surface area contributed by atoms with Crippen LogP contribution >= 0.6 is 11.3 Å². The zero-order valence-electron chi connectivity index (χ0n) is 10.8. The number of thiazole rings is 1. The van der Waals surface area contributed by atoms with Crippen molar-refractivity contribution in [1.29, 1.82) is 0 Å². The van der Waals surface area contributed by atoms with Crippen LogP contribution in [0.1, 0.15) is 10.6 Å². The maximum Gasteiger partial charge on any atom is 0.119 e. The molecule has 0 aliphatic rings. The van der Waals surface area contributed by atoms with Crippen molar-refractivity contribution < 1.29 is 4.74 Å². The minimum absolute atomic E-state index is 0.547. The highest BCUT2D eigenvalue weighted by molar-refractivity contribution is 7.09. The molecule has 0 radical (unpaired) electrons. The van der Waals surface area contributed by atoms with Crippen LogP contribution in [0.15, 0.2) is 48.5 Å². The van der Waals surface area contributed by atoms with Crippen LogP contribution in [0.3, 0.4) is 0 Å². The quantitative estimate of drug-likeness (QED) is 0.593. The first-order valence-corrected chi connectivity index (χ1v) is 7.18. The van der Waals surface area contributed by atoms with Crippen LogP contribution in [0.5, 0.6) is 5.75 Å². The van der Waals surface area contributed by atoms with E-state index in [1.54, 1.807) is 17.4 Å². The Bertz CT molecular complexity index is 479. The summed E-state index contributed by atoms with van der Waals surface area (Å²) in [5.74, 6) is 0.881. The summed E-state index contributed by atoms with van der Waals surface area (Å²) in [6.07, 6.45) is 4.58. The van der Waals surface area contributed by atoms with E-state index in [0.29, 0.717) is 6.61 Å². The molecule has 2 aromatic rings. The third kappa shape index (κ3) is 4.85. The van der Waals surface area contributed by atoms with E-state index in [9.17, 15) is 0 Å². The second-order valence-corrected chi connectivity index (χ2v) is 5.08. The van der Waals surface area contributed by atoms with Crippen molar-refractivity contribution in [3.63, 3.8) is 0 Å². The van der Waals surface area contributed by atoms with Crippen LogP contribution in [0.2, 0.25) is 0 Å². The summed E-state index contributed by atoms with van der Waals surface area (Å²) >= 11 is 1.70. The summed E-state index contributed by atoms with van der Waals surface area (Å²) in [6.45, 7) is 5.99. The summed E-state index contributed by atoms with van der Waals surface area (Å²) in [6, 6.07) is 8.13. The average molecular weight is 274 g/mol. The molecular weight excluding hydrogens is 256 g/mol. The summed E-state index contributed by atoms with van der Waals surface area (Å²) < 4.78 is 5.44. The van der Waals surface area contributed by atoms with E-state index in [2.05, 4.69) is 29.0 Å². The van der Waals surface area contributed by atoms with Crippen molar-refractivity contribution in [3.05, 3.63) is 59.1 Å². The highest BCUT2D eigenvalue weighted by Crippen LogP contribution is 2.12. The Morgan fingerprint density at radius 3 is 2.84 bits per heavy atom. The van der Waals surface area contributed by atoms with E-state index in [1.807, 2.05) is 23.7 Å². The third-order valence-electron chi connectivity index (χ3n) is 2.62. The van der Waals surface area contributed by atoms with Gasteiger partial charge in [0.15, 0.2) is 0 Å². The smallest absolute Gasteiger partial charge is 0.119 e. The van der Waals surface area contributed by atoms with E-state index in [4.69, 9.17) is 4.74 Å². The molecule has 0 fully saturated rings. The number of aromatic nitrogens is 1. The van der Waals surface area contributed by atoms with Gasteiger partial charge in [0.2, 0.25) is 0 Å². The molecule has 0 bridgehead atoms.